The minimum Gasteiger partial charge on any atom is -0.464 e. The zero-order valence-electron chi connectivity index (χ0n) is 34.6. The molecule has 13 nitrogen and oxygen atoms in total. The van der Waals surface area contributed by atoms with E-state index in [1.54, 1.807) is 18.9 Å². The summed E-state index contributed by atoms with van der Waals surface area (Å²) in [5, 5.41) is 9.51. The molecular formula is C43H59N7O6S. The van der Waals surface area contributed by atoms with Gasteiger partial charge in [0.05, 0.1) is 36.7 Å². The molecule has 308 valence electrons. The Morgan fingerprint density at radius 3 is 2.70 bits per heavy atom. The summed E-state index contributed by atoms with van der Waals surface area (Å²) in [7, 11) is 3.55. The maximum absolute atomic E-state index is 14.6. The van der Waals surface area contributed by atoms with Crippen molar-refractivity contribution in [2.45, 2.75) is 97.7 Å². The largest absolute Gasteiger partial charge is 0.464 e. The van der Waals surface area contributed by atoms with Crippen LogP contribution in [0.15, 0.2) is 41.5 Å². The summed E-state index contributed by atoms with van der Waals surface area (Å²) in [4.78, 5) is 52.4. The van der Waals surface area contributed by atoms with E-state index in [-0.39, 0.29) is 48.3 Å². The highest BCUT2D eigenvalue weighted by Crippen LogP contribution is 2.46. The fourth-order valence-electron chi connectivity index (χ4n) is 8.67. The van der Waals surface area contributed by atoms with Crippen molar-refractivity contribution in [3.8, 4) is 11.3 Å². The standard InChI is InChI=1S/C43H59N7O6S/c1-9-49-33-15-14-27-20-29(33)30(37(49)28-12-10-16-45-35(28)26(4)54-8)21-43(5,6)23-56-42(53)31-13-11-18-50(48-31)41(52)36(47-39(51)34-24(2)25(34)3)38(55-19-17-44-7)40-46-32(27)22-57-40/h10,12,14-16,20,24-26,31-32,34,36,38,44,48H,9,11,13,17-19,21-23H2,1-8H3,(H,47,51)/t24-,25+,26-,31-,32?,34?,36-,38-/m0/s1. The van der Waals surface area contributed by atoms with Crippen LogP contribution in [-0.4, -0.2) is 102 Å². The highest BCUT2D eigenvalue weighted by molar-refractivity contribution is 8.14. The fraction of sp³-hybridized carbons (Fsp3) is 0.605. The molecule has 5 heterocycles. The molecule has 6 bridgehead atoms. The van der Waals surface area contributed by atoms with E-state index in [4.69, 9.17) is 24.2 Å². The third-order valence-electron chi connectivity index (χ3n) is 12.3. The van der Waals surface area contributed by atoms with Gasteiger partial charge in [0.1, 0.15) is 23.2 Å². The van der Waals surface area contributed by atoms with E-state index < -0.39 is 29.6 Å². The van der Waals surface area contributed by atoms with Gasteiger partial charge in [0.25, 0.3) is 5.91 Å². The van der Waals surface area contributed by atoms with Crippen LogP contribution >= 0.6 is 11.8 Å². The maximum Gasteiger partial charge on any atom is 0.324 e. The number of rotatable bonds is 10. The summed E-state index contributed by atoms with van der Waals surface area (Å²) in [5.74, 6) is -0.0241. The van der Waals surface area contributed by atoms with E-state index in [1.165, 1.54) is 5.01 Å². The molecule has 2 amide bonds. The molecule has 0 spiro atoms. The van der Waals surface area contributed by atoms with Gasteiger partial charge in [0.2, 0.25) is 5.91 Å². The molecule has 4 aliphatic rings. The molecule has 1 aromatic carbocycles. The van der Waals surface area contributed by atoms with Gasteiger partial charge in [0, 0.05) is 66.5 Å². The van der Waals surface area contributed by atoms with E-state index in [1.807, 2.05) is 26.2 Å². The number of nitrogens with zero attached hydrogens (tertiary/aromatic N) is 4. The first-order chi connectivity index (χ1) is 27.4. The minimum absolute atomic E-state index is 0.168. The molecule has 3 aromatic rings. The van der Waals surface area contributed by atoms with E-state index in [0.29, 0.717) is 49.8 Å². The van der Waals surface area contributed by atoms with Gasteiger partial charge >= 0.3 is 5.97 Å². The molecule has 57 heavy (non-hydrogen) atoms. The Bertz CT molecular complexity index is 2010. The number of pyridine rings is 1. The van der Waals surface area contributed by atoms with Crippen LogP contribution in [0.3, 0.4) is 0 Å². The van der Waals surface area contributed by atoms with Crippen molar-refractivity contribution in [3.63, 3.8) is 0 Å². The summed E-state index contributed by atoms with van der Waals surface area (Å²) in [5.41, 5.74) is 8.97. The molecule has 1 saturated heterocycles. The van der Waals surface area contributed by atoms with Crippen molar-refractivity contribution in [1.82, 2.24) is 30.6 Å². The first kappa shape index (κ1) is 41.3. The number of ether oxygens (including phenoxy) is 3. The number of likely N-dealkylation sites (N-methyl/N-ethyl adjacent to an activating group) is 1. The molecule has 3 N–H and O–H groups in total. The molecule has 1 saturated carbocycles. The molecule has 7 rings (SSSR count). The van der Waals surface area contributed by atoms with Gasteiger partial charge in [-0.15, -0.1) is 11.8 Å². The normalized spacial score (nSPS) is 28.1. The van der Waals surface area contributed by atoms with E-state index in [0.717, 1.165) is 45.5 Å². The number of amides is 2. The topological polar surface area (TPSA) is 148 Å². The second-order valence-corrected chi connectivity index (χ2v) is 17.9. The number of aromatic nitrogens is 2. The van der Waals surface area contributed by atoms with Crippen molar-refractivity contribution in [2.24, 2.45) is 28.2 Å². The number of aliphatic imine (C=N–C) groups is 1. The van der Waals surface area contributed by atoms with Crippen molar-refractivity contribution in [2.75, 3.05) is 46.2 Å². The Labute approximate surface area is 340 Å². The highest BCUT2D eigenvalue weighted by Gasteiger charge is 2.50. The van der Waals surface area contributed by atoms with E-state index in [9.17, 15) is 14.4 Å². The lowest BCUT2D eigenvalue weighted by Crippen LogP contribution is -2.63. The molecular weight excluding hydrogens is 743 g/mol. The maximum atomic E-state index is 14.6. The summed E-state index contributed by atoms with van der Waals surface area (Å²) < 4.78 is 20.8. The lowest BCUT2D eigenvalue weighted by atomic mass is 9.84. The average molecular weight is 802 g/mol. The van der Waals surface area contributed by atoms with Crippen LogP contribution < -0.4 is 16.1 Å². The van der Waals surface area contributed by atoms with Crippen molar-refractivity contribution < 1.29 is 28.6 Å². The Balaban J connectivity index is 1.38. The van der Waals surface area contributed by atoms with Gasteiger partial charge in [-0.3, -0.25) is 29.4 Å². The summed E-state index contributed by atoms with van der Waals surface area (Å²) in [6, 6.07) is 8.71. The number of hydrogen-bond acceptors (Lipinski definition) is 11. The molecule has 1 aliphatic carbocycles. The quantitative estimate of drug-likeness (QED) is 0.184. The number of benzene rings is 1. The van der Waals surface area contributed by atoms with Crippen LogP contribution in [0.25, 0.3) is 22.2 Å². The molecule has 2 unspecified atom stereocenters. The first-order valence-corrected chi connectivity index (χ1v) is 21.5. The monoisotopic (exact) mass is 801 g/mol. The van der Waals surface area contributed by atoms with Crippen molar-refractivity contribution in [1.29, 1.82) is 0 Å². The number of methoxy groups -OCH3 is 1. The predicted molar refractivity (Wildman–Crippen MR) is 223 cm³/mol. The lowest BCUT2D eigenvalue weighted by Gasteiger charge is -2.37. The number of esters is 1. The summed E-state index contributed by atoms with van der Waals surface area (Å²) >= 11 is 1.57. The van der Waals surface area contributed by atoms with Crippen LogP contribution in [-0.2, 0) is 41.6 Å². The van der Waals surface area contributed by atoms with E-state index in [2.05, 4.69) is 79.5 Å². The number of aryl methyl sites for hydroxylation is 1. The summed E-state index contributed by atoms with van der Waals surface area (Å²) in [6.07, 6.45) is 2.48. The van der Waals surface area contributed by atoms with Gasteiger partial charge in [-0.2, -0.15) is 0 Å². The average Bonchev–Trinajstić information content (AvgIpc) is 3.50. The van der Waals surface area contributed by atoms with Crippen LogP contribution in [0.4, 0.5) is 0 Å². The van der Waals surface area contributed by atoms with Crippen LogP contribution in [0.2, 0.25) is 0 Å². The van der Waals surface area contributed by atoms with Gasteiger partial charge in [-0.25, -0.2) is 5.43 Å². The number of cyclic esters (lactones) is 1. The molecule has 2 aromatic heterocycles. The number of hydrogen-bond donors (Lipinski definition) is 3. The number of nitrogens with one attached hydrogen (secondary N) is 3. The first-order valence-electron chi connectivity index (χ1n) is 20.5. The van der Waals surface area contributed by atoms with Gasteiger partial charge in [-0.1, -0.05) is 33.8 Å². The van der Waals surface area contributed by atoms with Crippen LogP contribution in [0.1, 0.15) is 83.4 Å². The zero-order chi connectivity index (χ0) is 40.6. The Morgan fingerprint density at radius 1 is 1.19 bits per heavy atom. The van der Waals surface area contributed by atoms with Crippen molar-refractivity contribution in [3.05, 3.63) is 53.3 Å². The van der Waals surface area contributed by atoms with Gasteiger partial charge in [-0.05, 0) is 87.4 Å². The number of carbonyl (C=O) groups is 3. The predicted octanol–water partition coefficient (Wildman–Crippen LogP) is 5.23. The number of thioether (sulfide) groups is 1. The third-order valence-corrected chi connectivity index (χ3v) is 13.4. The number of carbonyl (C=O) groups excluding carboxylic acids is 3. The van der Waals surface area contributed by atoms with Gasteiger partial charge in [0.15, 0.2) is 0 Å². The summed E-state index contributed by atoms with van der Waals surface area (Å²) in [6.45, 7) is 14.7. The van der Waals surface area contributed by atoms with Crippen LogP contribution in [0, 0.1) is 23.2 Å². The smallest absolute Gasteiger partial charge is 0.324 e. The lowest BCUT2D eigenvalue weighted by molar-refractivity contribution is -0.156. The third kappa shape index (κ3) is 8.38. The highest BCUT2D eigenvalue weighted by atomic mass is 32.2. The Hall–Kier alpha value is -3.82. The second-order valence-electron chi connectivity index (χ2n) is 16.8. The molecule has 3 aliphatic heterocycles. The van der Waals surface area contributed by atoms with Crippen LogP contribution in [0.5, 0.6) is 0 Å². The molecule has 2 fully saturated rings. The second kappa shape index (κ2) is 17.2. The number of hydrazine groups is 1. The SMILES string of the molecule is CCn1c(-c2cccnc2[C@H](C)OC)c2c3cc(ccc31)C1CSC(=N1)[C@@H](OCCNC)[C@H](NC(=O)C1[C@@H](C)[C@H]1C)C(=O)N1CCC[C@H](N1)C(=O)OCC(C)(C)C2. The minimum atomic E-state index is -1.06. The fourth-order valence-corrected chi connectivity index (χ4v) is 9.84. The zero-order valence-corrected chi connectivity index (χ0v) is 35.4. The molecule has 0 radical (unpaired) electrons. The number of fused-ring (bicyclic) bond motifs is 5. The van der Waals surface area contributed by atoms with Gasteiger partial charge < -0.3 is 29.4 Å². The van der Waals surface area contributed by atoms with E-state index >= 15 is 0 Å². The molecule has 8 atom stereocenters. The Kier molecular flexibility index (Phi) is 12.5. The van der Waals surface area contributed by atoms with Crippen molar-refractivity contribution >= 4 is 45.5 Å². The molecule has 14 heteroatoms. The Morgan fingerprint density at radius 2 is 1.98 bits per heavy atom.